The second-order valence-electron chi connectivity index (χ2n) is 4.11. The Bertz CT molecular complexity index is 275. The highest BCUT2D eigenvalue weighted by molar-refractivity contribution is 6.18. The van der Waals surface area contributed by atoms with Crippen LogP contribution in [0.25, 0.3) is 0 Å². The molecule has 3 heteroatoms. The van der Waals surface area contributed by atoms with Crippen LogP contribution >= 0.6 is 11.6 Å². The van der Waals surface area contributed by atoms with Crippen molar-refractivity contribution in [3.05, 3.63) is 35.9 Å². The standard InChI is InChI=1S/C14H22ClNO/c1-2-14(11-15)16-9-6-10-17-12-13-7-4-3-5-8-13/h3-5,7-8,14,16H,2,6,9-12H2,1H3. The molecule has 0 saturated heterocycles. The van der Waals surface area contributed by atoms with Gasteiger partial charge in [0.1, 0.15) is 0 Å². The maximum absolute atomic E-state index is 5.79. The first kappa shape index (κ1) is 14.5. The molecule has 0 radical (unpaired) electrons. The highest BCUT2D eigenvalue weighted by atomic mass is 35.5. The Morgan fingerprint density at radius 3 is 2.71 bits per heavy atom. The van der Waals surface area contributed by atoms with E-state index < -0.39 is 0 Å². The van der Waals surface area contributed by atoms with Gasteiger partial charge in [-0.3, -0.25) is 0 Å². The highest BCUT2D eigenvalue weighted by Gasteiger charge is 2.01. The first-order chi connectivity index (χ1) is 8.36. The molecule has 0 spiro atoms. The lowest BCUT2D eigenvalue weighted by molar-refractivity contribution is 0.118. The van der Waals surface area contributed by atoms with Crippen LogP contribution in [0.2, 0.25) is 0 Å². The summed E-state index contributed by atoms with van der Waals surface area (Å²) in [6.07, 6.45) is 2.11. The fourth-order valence-corrected chi connectivity index (χ4v) is 1.88. The molecule has 0 aliphatic rings. The smallest absolute Gasteiger partial charge is 0.0716 e. The lowest BCUT2D eigenvalue weighted by Crippen LogP contribution is -2.31. The lowest BCUT2D eigenvalue weighted by atomic mass is 10.2. The number of hydrogen-bond donors (Lipinski definition) is 1. The zero-order valence-electron chi connectivity index (χ0n) is 10.5. The third kappa shape index (κ3) is 6.67. The van der Waals surface area contributed by atoms with E-state index in [2.05, 4.69) is 24.4 Å². The molecular weight excluding hydrogens is 234 g/mol. The molecule has 17 heavy (non-hydrogen) atoms. The molecule has 1 N–H and O–H groups in total. The Labute approximate surface area is 109 Å². The molecule has 1 unspecified atom stereocenters. The first-order valence-electron chi connectivity index (χ1n) is 6.27. The minimum absolute atomic E-state index is 0.436. The van der Waals surface area contributed by atoms with Gasteiger partial charge < -0.3 is 10.1 Å². The molecule has 1 aromatic rings. The summed E-state index contributed by atoms with van der Waals surface area (Å²) in [5.41, 5.74) is 1.23. The van der Waals surface area contributed by atoms with Crippen molar-refractivity contribution in [2.75, 3.05) is 19.0 Å². The van der Waals surface area contributed by atoms with Gasteiger partial charge in [-0.15, -0.1) is 11.6 Å². The number of alkyl halides is 1. The van der Waals surface area contributed by atoms with Crippen LogP contribution in [0.3, 0.4) is 0 Å². The Hall–Kier alpha value is -0.570. The summed E-state index contributed by atoms with van der Waals surface area (Å²) < 4.78 is 5.60. The molecule has 0 fully saturated rings. The Balaban J connectivity index is 1.98. The van der Waals surface area contributed by atoms with E-state index in [1.54, 1.807) is 0 Å². The minimum Gasteiger partial charge on any atom is -0.377 e. The highest BCUT2D eigenvalue weighted by Crippen LogP contribution is 2.00. The molecule has 0 aliphatic heterocycles. The van der Waals surface area contributed by atoms with Crippen LogP contribution in [0.15, 0.2) is 30.3 Å². The zero-order valence-corrected chi connectivity index (χ0v) is 11.2. The van der Waals surface area contributed by atoms with Crippen LogP contribution in [0.4, 0.5) is 0 Å². The maximum atomic E-state index is 5.79. The van der Waals surface area contributed by atoms with Crippen molar-refractivity contribution in [2.45, 2.75) is 32.4 Å². The van der Waals surface area contributed by atoms with Gasteiger partial charge in [0, 0.05) is 18.5 Å². The second-order valence-corrected chi connectivity index (χ2v) is 4.41. The topological polar surface area (TPSA) is 21.3 Å². The average Bonchev–Trinajstić information content (AvgIpc) is 2.39. The van der Waals surface area contributed by atoms with Crippen LogP contribution in [-0.4, -0.2) is 25.1 Å². The van der Waals surface area contributed by atoms with Crippen molar-refractivity contribution in [3.63, 3.8) is 0 Å². The molecule has 1 atom stereocenters. The van der Waals surface area contributed by atoms with E-state index in [0.717, 1.165) is 26.0 Å². The summed E-state index contributed by atoms with van der Waals surface area (Å²) in [5, 5.41) is 3.41. The summed E-state index contributed by atoms with van der Waals surface area (Å²) in [5.74, 6) is 0.682. The summed E-state index contributed by atoms with van der Waals surface area (Å²) in [4.78, 5) is 0. The first-order valence-corrected chi connectivity index (χ1v) is 6.81. The van der Waals surface area contributed by atoms with E-state index in [1.807, 2.05) is 18.2 Å². The van der Waals surface area contributed by atoms with Gasteiger partial charge in [0.25, 0.3) is 0 Å². The Kier molecular flexibility index (Phi) is 8.06. The minimum atomic E-state index is 0.436. The maximum Gasteiger partial charge on any atom is 0.0716 e. The number of ether oxygens (including phenoxy) is 1. The van der Waals surface area contributed by atoms with Gasteiger partial charge in [-0.25, -0.2) is 0 Å². The predicted octanol–water partition coefficient (Wildman–Crippen LogP) is 3.20. The van der Waals surface area contributed by atoms with Gasteiger partial charge in [0.2, 0.25) is 0 Å². The van der Waals surface area contributed by atoms with Crippen LogP contribution in [-0.2, 0) is 11.3 Å². The molecule has 0 amide bonds. The van der Waals surface area contributed by atoms with Gasteiger partial charge in [0.15, 0.2) is 0 Å². The fourth-order valence-electron chi connectivity index (χ4n) is 1.55. The molecule has 1 rings (SSSR count). The van der Waals surface area contributed by atoms with Crippen LogP contribution in [0.5, 0.6) is 0 Å². The molecule has 0 aromatic heterocycles. The van der Waals surface area contributed by atoms with Crippen molar-refractivity contribution < 1.29 is 4.74 Å². The van der Waals surface area contributed by atoms with E-state index in [9.17, 15) is 0 Å². The van der Waals surface area contributed by atoms with Crippen molar-refractivity contribution in [1.82, 2.24) is 5.32 Å². The SMILES string of the molecule is CCC(CCl)NCCCOCc1ccccc1. The fraction of sp³-hybridized carbons (Fsp3) is 0.571. The number of halogens is 1. The van der Waals surface area contributed by atoms with E-state index in [4.69, 9.17) is 16.3 Å². The number of rotatable bonds is 9. The van der Waals surface area contributed by atoms with Crippen LogP contribution in [0, 0.1) is 0 Å². The third-order valence-corrected chi connectivity index (χ3v) is 3.06. The van der Waals surface area contributed by atoms with Crippen molar-refractivity contribution in [3.8, 4) is 0 Å². The predicted molar refractivity (Wildman–Crippen MR) is 73.5 cm³/mol. The van der Waals surface area contributed by atoms with E-state index in [-0.39, 0.29) is 0 Å². The second kappa shape index (κ2) is 9.46. The normalized spacial score (nSPS) is 12.6. The summed E-state index contributed by atoms with van der Waals surface area (Å²) >= 11 is 5.79. The van der Waals surface area contributed by atoms with Crippen molar-refractivity contribution in [2.24, 2.45) is 0 Å². The number of hydrogen-bond acceptors (Lipinski definition) is 2. The molecule has 0 aliphatic carbocycles. The number of nitrogens with one attached hydrogen (secondary N) is 1. The molecule has 0 heterocycles. The zero-order chi connectivity index (χ0) is 12.3. The van der Waals surface area contributed by atoms with E-state index in [0.29, 0.717) is 18.5 Å². The van der Waals surface area contributed by atoms with Crippen LogP contribution < -0.4 is 5.32 Å². The van der Waals surface area contributed by atoms with Gasteiger partial charge in [-0.1, -0.05) is 37.3 Å². The monoisotopic (exact) mass is 255 g/mol. The largest absolute Gasteiger partial charge is 0.377 e. The van der Waals surface area contributed by atoms with Gasteiger partial charge >= 0.3 is 0 Å². The molecule has 0 saturated carbocycles. The average molecular weight is 256 g/mol. The molecule has 0 bridgehead atoms. The summed E-state index contributed by atoms with van der Waals surface area (Å²) in [6, 6.07) is 10.7. The Morgan fingerprint density at radius 1 is 1.29 bits per heavy atom. The van der Waals surface area contributed by atoms with E-state index in [1.165, 1.54) is 5.56 Å². The van der Waals surface area contributed by atoms with Gasteiger partial charge in [-0.2, -0.15) is 0 Å². The molecule has 2 nitrogen and oxygen atoms in total. The van der Waals surface area contributed by atoms with E-state index >= 15 is 0 Å². The third-order valence-electron chi connectivity index (χ3n) is 2.69. The van der Waals surface area contributed by atoms with Crippen LogP contribution in [0.1, 0.15) is 25.3 Å². The summed E-state index contributed by atoms with van der Waals surface area (Å²) in [7, 11) is 0. The van der Waals surface area contributed by atoms with Crippen molar-refractivity contribution in [1.29, 1.82) is 0 Å². The lowest BCUT2D eigenvalue weighted by Gasteiger charge is -2.13. The molecular formula is C14H22ClNO. The summed E-state index contributed by atoms with van der Waals surface area (Å²) in [6.45, 7) is 4.61. The molecule has 96 valence electrons. The quantitative estimate of drug-likeness (QED) is 0.541. The van der Waals surface area contributed by atoms with Gasteiger partial charge in [-0.05, 0) is 24.9 Å². The Morgan fingerprint density at radius 2 is 2.06 bits per heavy atom. The number of benzene rings is 1. The van der Waals surface area contributed by atoms with Crippen molar-refractivity contribution >= 4 is 11.6 Å². The van der Waals surface area contributed by atoms with Gasteiger partial charge in [0.05, 0.1) is 6.61 Å². The molecule has 1 aromatic carbocycles.